The highest BCUT2D eigenvalue weighted by Gasteiger charge is 2.08. The predicted molar refractivity (Wildman–Crippen MR) is 68.7 cm³/mol. The Balaban J connectivity index is 2.03. The van der Waals surface area contributed by atoms with Crippen LogP contribution in [0.3, 0.4) is 0 Å². The molecule has 2 aromatic rings. The Morgan fingerprint density at radius 1 is 0.875 bits per heavy atom. The van der Waals surface area contributed by atoms with E-state index in [2.05, 4.69) is 53.8 Å². The lowest BCUT2D eigenvalue weighted by atomic mass is 9.97. The number of nitrogens with one attached hydrogen (secondary N) is 1. The molecular weight excluding hydrogens is 194 g/mol. The van der Waals surface area contributed by atoms with E-state index in [9.17, 15) is 0 Å². The standard InChI is InChI=1S/C15H15N/c1-2-5-12(6-3-1)13-8-9-15-14(11-13)7-4-10-16-15/h1-3,5-6,8-9,11,16H,4,7,10H2. The molecule has 0 bridgehead atoms. The maximum Gasteiger partial charge on any atom is 0.0373 e. The molecule has 0 fully saturated rings. The summed E-state index contributed by atoms with van der Waals surface area (Å²) in [6, 6.07) is 17.3. The van der Waals surface area contributed by atoms with Crippen molar-refractivity contribution in [1.82, 2.24) is 0 Å². The van der Waals surface area contributed by atoms with Crippen molar-refractivity contribution in [3.63, 3.8) is 0 Å². The van der Waals surface area contributed by atoms with E-state index < -0.39 is 0 Å². The Hall–Kier alpha value is -1.76. The van der Waals surface area contributed by atoms with E-state index in [1.165, 1.54) is 35.2 Å². The second-order valence-electron chi connectivity index (χ2n) is 4.27. The fraction of sp³-hybridized carbons (Fsp3) is 0.200. The smallest absolute Gasteiger partial charge is 0.0373 e. The fourth-order valence-electron chi connectivity index (χ4n) is 2.29. The van der Waals surface area contributed by atoms with Gasteiger partial charge in [0.05, 0.1) is 0 Å². The lowest BCUT2D eigenvalue weighted by molar-refractivity contribution is 0.830. The van der Waals surface area contributed by atoms with Gasteiger partial charge in [-0.05, 0) is 41.7 Å². The van der Waals surface area contributed by atoms with Crippen molar-refractivity contribution in [3.05, 3.63) is 54.1 Å². The number of aryl methyl sites for hydroxylation is 1. The van der Waals surface area contributed by atoms with Crippen molar-refractivity contribution in [1.29, 1.82) is 0 Å². The average molecular weight is 209 g/mol. The molecule has 0 radical (unpaired) electrons. The summed E-state index contributed by atoms with van der Waals surface area (Å²) < 4.78 is 0. The first-order valence-electron chi connectivity index (χ1n) is 5.86. The summed E-state index contributed by atoms with van der Waals surface area (Å²) >= 11 is 0. The Kier molecular flexibility index (Phi) is 2.37. The average Bonchev–Trinajstić information content (AvgIpc) is 2.39. The zero-order valence-corrected chi connectivity index (χ0v) is 9.24. The molecule has 1 heterocycles. The SMILES string of the molecule is c1ccc(-c2ccc3c(c2)CCCN3)cc1. The van der Waals surface area contributed by atoms with Gasteiger partial charge in [0, 0.05) is 12.2 Å². The molecule has 1 aliphatic rings. The molecule has 80 valence electrons. The summed E-state index contributed by atoms with van der Waals surface area (Å²) in [5.74, 6) is 0. The Morgan fingerprint density at radius 3 is 2.62 bits per heavy atom. The van der Waals surface area contributed by atoms with Crippen LogP contribution in [0.25, 0.3) is 11.1 Å². The van der Waals surface area contributed by atoms with Crippen LogP contribution < -0.4 is 5.32 Å². The molecule has 0 unspecified atom stereocenters. The number of rotatable bonds is 1. The van der Waals surface area contributed by atoms with E-state index in [-0.39, 0.29) is 0 Å². The topological polar surface area (TPSA) is 12.0 Å². The monoisotopic (exact) mass is 209 g/mol. The van der Waals surface area contributed by atoms with Gasteiger partial charge in [0.2, 0.25) is 0 Å². The van der Waals surface area contributed by atoms with E-state index in [1.54, 1.807) is 0 Å². The van der Waals surface area contributed by atoms with Crippen LogP contribution in [0.15, 0.2) is 48.5 Å². The van der Waals surface area contributed by atoms with Gasteiger partial charge in [-0.2, -0.15) is 0 Å². The molecule has 1 aliphatic heterocycles. The molecule has 1 heteroatoms. The second-order valence-corrected chi connectivity index (χ2v) is 4.27. The number of hydrogen-bond acceptors (Lipinski definition) is 1. The first-order valence-corrected chi connectivity index (χ1v) is 5.86. The number of benzene rings is 2. The van der Waals surface area contributed by atoms with Crippen molar-refractivity contribution in [2.45, 2.75) is 12.8 Å². The van der Waals surface area contributed by atoms with Crippen LogP contribution in [0.1, 0.15) is 12.0 Å². The molecule has 0 saturated heterocycles. The quantitative estimate of drug-likeness (QED) is 0.755. The third kappa shape index (κ3) is 1.69. The summed E-state index contributed by atoms with van der Waals surface area (Å²) in [6.07, 6.45) is 2.44. The van der Waals surface area contributed by atoms with Crippen molar-refractivity contribution in [2.75, 3.05) is 11.9 Å². The largest absolute Gasteiger partial charge is 0.385 e. The van der Waals surface area contributed by atoms with E-state index in [1.807, 2.05) is 0 Å². The van der Waals surface area contributed by atoms with Gasteiger partial charge in [0.1, 0.15) is 0 Å². The summed E-state index contributed by atoms with van der Waals surface area (Å²) in [5.41, 5.74) is 5.39. The molecule has 1 N–H and O–H groups in total. The lowest BCUT2D eigenvalue weighted by Gasteiger charge is -2.18. The van der Waals surface area contributed by atoms with Crippen LogP contribution >= 0.6 is 0 Å². The van der Waals surface area contributed by atoms with Crippen LogP contribution in [0.5, 0.6) is 0 Å². The van der Waals surface area contributed by atoms with Gasteiger partial charge < -0.3 is 5.32 Å². The normalized spacial score (nSPS) is 14.0. The highest BCUT2D eigenvalue weighted by Crippen LogP contribution is 2.27. The van der Waals surface area contributed by atoms with Gasteiger partial charge in [-0.25, -0.2) is 0 Å². The van der Waals surface area contributed by atoms with Crippen molar-refractivity contribution < 1.29 is 0 Å². The number of fused-ring (bicyclic) bond motifs is 1. The summed E-state index contributed by atoms with van der Waals surface area (Å²) in [5, 5.41) is 3.44. The molecule has 0 spiro atoms. The minimum absolute atomic E-state index is 1.11. The van der Waals surface area contributed by atoms with Crippen LogP contribution in [0.2, 0.25) is 0 Å². The summed E-state index contributed by atoms with van der Waals surface area (Å²) in [7, 11) is 0. The predicted octanol–water partition coefficient (Wildman–Crippen LogP) is 3.71. The van der Waals surface area contributed by atoms with Gasteiger partial charge in [-0.15, -0.1) is 0 Å². The zero-order valence-electron chi connectivity index (χ0n) is 9.24. The minimum atomic E-state index is 1.11. The number of anilines is 1. The molecular formula is C15H15N. The van der Waals surface area contributed by atoms with Crippen LogP contribution in [-0.2, 0) is 6.42 Å². The summed E-state index contributed by atoms with van der Waals surface area (Å²) in [6.45, 7) is 1.11. The van der Waals surface area contributed by atoms with Crippen LogP contribution in [0, 0.1) is 0 Å². The zero-order chi connectivity index (χ0) is 10.8. The Bertz CT molecular complexity index is 488. The van der Waals surface area contributed by atoms with E-state index in [0.29, 0.717) is 0 Å². The Labute approximate surface area is 96.1 Å². The molecule has 3 rings (SSSR count). The van der Waals surface area contributed by atoms with Gasteiger partial charge >= 0.3 is 0 Å². The first kappa shape index (κ1) is 9.46. The molecule has 16 heavy (non-hydrogen) atoms. The van der Waals surface area contributed by atoms with Crippen molar-refractivity contribution >= 4 is 5.69 Å². The van der Waals surface area contributed by atoms with Crippen molar-refractivity contribution in [2.24, 2.45) is 0 Å². The molecule has 0 aromatic heterocycles. The molecule has 0 atom stereocenters. The molecule has 0 saturated carbocycles. The van der Waals surface area contributed by atoms with Crippen LogP contribution in [-0.4, -0.2) is 6.54 Å². The van der Waals surface area contributed by atoms with Gasteiger partial charge in [-0.3, -0.25) is 0 Å². The van der Waals surface area contributed by atoms with Crippen LogP contribution in [0.4, 0.5) is 5.69 Å². The highest BCUT2D eigenvalue weighted by atomic mass is 14.9. The molecule has 0 amide bonds. The molecule has 0 aliphatic carbocycles. The van der Waals surface area contributed by atoms with Gasteiger partial charge in [0.25, 0.3) is 0 Å². The van der Waals surface area contributed by atoms with E-state index >= 15 is 0 Å². The third-order valence-corrected chi connectivity index (χ3v) is 3.15. The molecule has 2 aromatic carbocycles. The third-order valence-electron chi connectivity index (χ3n) is 3.15. The second kappa shape index (κ2) is 4.01. The van der Waals surface area contributed by atoms with Gasteiger partial charge in [0.15, 0.2) is 0 Å². The first-order chi connectivity index (χ1) is 7.93. The summed E-state index contributed by atoms with van der Waals surface area (Å²) in [4.78, 5) is 0. The lowest BCUT2D eigenvalue weighted by Crippen LogP contribution is -2.11. The Morgan fingerprint density at radius 2 is 1.75 bits per heavy atom. The highest BCUT2D eigenvalue weighted by molar-refractivity contribution is 5.69. The van der Waals surface area contributed by atoms with E-state index in [0.717, 1.165) is 6.54 Å². The van der Waals surface area contributed by atoms with Crippen molar-refractivity contribution in [3.8, 4) is 11.1 Å². The maximum atomic E-state index is 3.44. The minimum Gasteiger partial charge on any atom is -0.385 e. The fourth-order valence-corrected chi connectivity index (χ4v) is 2.29. The molecule has 1 nitrogen and oxygen atoms in total. The van der Waals surface area contributed by atoms with Gasteiger partial charge in [-0.1, -0.05) is 36.4 Å². The number of hydrogen-bond donors (Lipinski definition) is 1. The maximum absolute atomic E-state index is 3.44. The van der Waals surface area contributed by atoms with E-state index in [4.69, 9.17) is 0 Å².